The Labute approximate surface area is 143 Å². The highest BCUT2D eigenvalue weighted by Gasteiger charge is 2.08. The molecular weight excluding hydrogens is 298 g/mol. The van der Waals surface area contributed by atoms with Crippen LogP contribution in [0.1, 0.15) is 84.0 Å². The Morgan fingerprint density at radius 3 is 1.77 bits per heavy atom. The van der Waals surface area contributed by atoms with E-state index in [9.17, 15) is 5.11 Å². The van der Waals surface area contributed by atoms with Crippen LogP contribution >= 0.6 is 12.4 Å². The van der Waals surface area contributed by atoms with E-state index in [4.69, 9.17) is 10.8 Å². The number of rotatable bonds is 15. The van der Waals surface area contributed by atoms with Gasteiger partial charge in [0.1, 0.15) is 0 Å². The topological polar surface area (TPSA) is 66.5 Å². The van der Waals surface area contributed by atoms with Crippen LogP contribution in [0.2, 0.25) is 0 Å². The molecule has 0 rings (SSSR count). The van der Waals surface area contributed by atoms with E-state index in [2.05, 4.69) is 6.92 Å². The second-order valence-electron chi connectivity index (χ2n) is 6.09. The normalized spacial score (nSPS) is 14.0. The maximum absolute atomic E-state index is 9.52. The molecule has 22 heavy (non-hydrogen) atoms. The summed E-state index contributed by atoms with van der Waals surface area (Å²) in [5, 5.41) is 18.3. The van der Waals surface area contributed by atoms with E-state index >= 15 is 0 Å². The zero-order chi connectivity index (χ0) is 15.8. The summed E-state index contributed by atoms with van der Waals surface area (Å²) >= 11 is 0. The van der Waals surface area contributed by atoms with Gasteiger partial charge >= 0.3 is 0 Å². The quantitative estimate of drug-likeness (QED) is 0.308. The highest BCUT2D eigenvalue weighted by Crippen LogP contribution is 2.12. The van der Waals surface area contributed by atoms with Crippen LogP contribution in [0.3, 0.4) is 0 Å². The van der Waals surface area contributed by atoms with Crippen molar-refractivity contribution in [3.05, 3.63) is 12.2 Å². The Morgan fingerprint density at radius 2 is 1.32 bits per heavy atom. The van der Waals surface area contributed by atoms with E-state index in [0.29, 0.717) is 0 Å². The molecular formula is C18H38ClNO2. The molecule has 0 aromatic rings. The van der Waals surface area contributed by atoms with Gasteiger partial charge in [0, 0.05) is 0 Å². The smallest absolute Gasteiger partial charge is 0.0894 e. The molecule has 0 amide bonds. The monoisotopic (exact) mass is 335 g/mol. The molecule has 0 aromatic carbocycles. The molecule has 0 radical (unpaired) electrons. The lowest BCUT2D eigenvalue weighted by molar-refractivity contribution is 0.144. The zero-order valence-electron chi connectivity index (χ0n) is 14.4. The number of nitrogens with two attached hydrogens (primary N) is 1. The van der Waals surface area contributed by atoms with Crippen LogP contribution in [0.25, 0.3) is 0 Å². The molecule has 4 heteroatoms. The molecule has 0 aromatic heterocycles. The molecule has 0 unspecified atom stereocenters. The number of aliphatic hydroxyl groups is 2. The standard InChI is InChI=1S/C18H37NO2.ClH/c1-2-3-4-5-6-7-8-9-10-11-12-13-14-15-18(21)17(19)16-20;/h14-15,17-18,20-21H,2-13,16,19H2,1H3;1H/t17-,18+;/m0./s1. The molecule has 0 aliphatic heterocycles. The van der Waals surface area contributed by atoms with E-state index in [-0.39, 0.29) is 19.0 Å². The Morgan fingerprint density at radius 1 is 0.864 bits per heavy atom. The van der Waals surface area contributed by atoms with Gasteiger partial charge in [-0.3, -0.25) is 0 Å². The predicted molar refractivity (Wildman–Crippen MR) is 98.5 cm³/mol. The van der Waals surface area contributed by atoms with Gasteiger partial charge in [-0.25, -0.2) is 0 Å². The van der Waals surface area contributed by atoms with E-state index < -0.39 is 12.1 Å². The summed E-state index contributed by atoms with van der Waals surface area (Å²) in [7, 11) is 0. The van der Waals surface area contributed by atoms with Crippen molar-refractivity contribution in [1.29, 1.82) is 0 Å². The maximum Gasteiger partial charge on any atom is 0.0894 e. The highest BCUT2D eigenvalue weighted by atomic mass is 35.5. The molecule has 4 N–H and O–H groups in total. The van der Waals surface area contributed by atoms with Crippen LogP contribution in [0.15, 0.2) is 12.2 Å². The Bertz CT molecular complexity index is 237. The summed E-state index contributed by atoms with van der Waals surface area (Å²) < 4.78 is 0. The van der Waals surface area contributed by atoms with Gasteiger partial charge in [-0.15, -0.1) is 12.4 Å². The molecule has 0 fully saturated rings. The van der Waals surface area contributed by atoms with Crippen molar-refractivity contribution in [2.45, 2.75) is 96.1 Å². The van der Waals surface area contributed by atoms with Gasteiger partial charge in [-0.1, -0.05) is 83.3 Å². The van der Waals surface area contributed by atoms with Crippen molar-refractivity contribution in [3.8, 4) is 0 Å². The lowest BCUT2D eigenvalue weighted by Gasteiger charge is -2.11. The van der Waals surface area contributed by atoms with Gasteiger partial charge in [-0.2, -0.15) is 0 Å². The van der Waals surface area contributed by atoms with Crippen LogP contribution in [-0.2, 0) is 0 Å². The van der Waals surface area contributed by atoms with Gasteiger partial charge in [0.25, 0.3) is 0 Å². The van der Waals surface area contributed by atoms with E-state index in [1.54, 1.807) is 6.08 Å². The first-order valence-corrected chi connectivity index (χ1v) is 8.93. The van der Waals surface area contributed by atoms with Gasteiger partial charge in [0.2, 0.25) is 0 Å². The summed E-state index contributed by atoms with van der Waals surface area (Å²) in [4.78, 5) is 0. The number of unbranched alkanes of at least 4 members (excludes halogenated alkanes) is 11. The van der Waals surface area contributed by atoms with Crippen LogP contribution in [0.5, 0.6) is 0 Å². The molecule has 0 spiro atoms. The molecule has 0 saturated heterocycles. The first-order valence-electron chi connectivity index (χ1n) is 8.93. The molecule has 0 bridgehead atoms. The second-order valence-corrected chi connectivity index (χ2v) is 6.09. The van der Waals surface area contributed by atoms with Crippen molar-refractivity contribution in [1.82, 2.24) is 0 Å². The third-order valence-corrected chi connectivity index (χ3v) is 3.96. The average molecular weight is 336 g/mol. The van der Waals surface area contributed by atoms with Crippen molar-refractivity contribution in [2.75, 3.05) is 6.61 Å². The van der Waals surface area contributed by atoms with Crippen molar-refractivity contribution in [2.24, 2.45) is 5.73 Å². The zero-order valence-corrected chi connectivity index (χ0v) is 15.2. The second kappa shape index (κ2) is 19.0. The predicted octanol–water partition coefficient (Wildman–Crippen LogP) is 4.35. The minimum Gasteiger partial charge on any atom is -0.395 e. The van der Waals surface area contributed by atoms with Crippen LogP contribution < -0.4 is 5.73 Å². The Balaban J connectivity index is 0. The van der Waals surface area contributed by atoms with Crippen molar-refractivity contribution >= 4 is 12.4 Å². The van der Waals surface area contributed by atoms with Gasteiger partial charge in [0.15, 0.2) is 0 Å². The largest absolute Gasteiger partial charge is 0.395 e. The summed E-state index contributed by atoms with van der Waals surface area (Å²) in [6, 6.07) is -0.557. The van der Waals surface area contributed by atoms with Gasteiger partial charge < -0.3 is 15.9 Å². The Kier molecular flexibility index (Phi) is 20.8. The van der Waals surface area contributed by atoms with E-state index in [1.807, 2.05) is 6.08 Å². The highest BCUT2D eigenvalue weighted by molar-refractivity contribution is 5.85. The summed E-state index contributed by atoms with van der Waals surface area (Å²) in [5.74, 6) is 0. The first kappa shape index (κ1) is 24.2. The minimum absolute atomic E-state index is 0. The number of allylic oxidation sites excluding steroid dienone is 1. The first-order chi connectivity index (χ1) is 10.2. The summed E-state index contributed by atoms with van der Waals surface area (Å²) in [6.07, 6.45) is 18.8. The van der Waals surface area contributed by atoms with E-state index in [1.165, 1.54) is 70.6 Å². The van der Waals surface area contributed by atoms with Crippen LogP contribution in [-0.4, -0.2) is 29.0 Å². The van der Waals surface area contributed by atoms with Gasteiger partial charge in [-0.05, 0) is 12.8 Å². The Hall–Kier alpha value is -0.0900. The number of hydrogen-bond donors (Lipinski definition) is 3. The van der Waals surface area contributed by atoms with Crippen molar-refractivity contribution in [3.63, 3.8) is 0 Å². The number of halogens is 1. The van der Waals surface area contributed by atoms with Crippen molar-refractivity contribution < 1.29 is 10.2 Å². The van der Waals surface area contributed by atoms with Gasteiger partial charge in [0.05, 0.1) is 18.8 Å². The fourth-order valence-corrected chi connectivity index (χ4v) is 2.41. The molecule has 3 nitrogen and oxygen atoms in total. The number of hydrogen-bond acceptors (Lipinski definition) is 3. The molecule has 134 valence electrons. The van der Waals surface area contributed by atoms with E-state index in [0.717, 1.165) is 6.42 Å². The number of aliphatic hydroxyl groups excluding tert-OH is 2. The molecule has 0 aliphatic carbocycles. The molecule has 2 atom stereocenters. The average Bonchev–Trinajstić information content (AvgIpc) is 2.50. The summed E-state index contributed by atoms with van der Waals surface area (Å²) in [5.41, 5.74) is 5.51. The SMILES string of the molecule is CCCCCCCCCCCCCC=C[C@@H](O)[C@@H](N)CO.Cl. The minimum atomic E-state index is -0.720. The fraction of sp³-hybridized carbons (Fsp3) is 0.889. The molecule has 0 heterocycles. The third kappa shape index (κ3) is 16.3. The molecule has 0 aliphatic rings. The lowest BCUT2D eigenvalue weighted by Crippen LogP contribution is -2.36. The maximum atomic E-state index is 9.52. The summed E-state index contributed by atoms with van der Waals surface area (Å²) in [6.45, 7) is 2.08. The lowest BCUT2D eigenvalue weighted by atomic mass is 10.0. The van der Waals surface area contributed by atoms with Crippen LogP contribution in [0, 0.1) is 0 Å². The molecule has 0 saturated carbocycles. The third-order valence-electron chi connectivity index (χ3n) is 3.96. The van der Waals surface area contributed by atoms with Crippen LogP contribution in [0.4, 0.5) is 0 Å². The fourth-order valence-electron chi connectivity index (χ4n) is 2.41.